The zero-order valence-electron chi connectivity index (χ0n) is 13.7. The van der Waals surface area contributed by atoms with Crippen LogP contribution in [0.1, 0.15) is 36.7 Å². The van der Waals surface area contributed by atoms with Crippen LogP contribution >= 0.6 is 15.9 Å². The Morgan fingerprint density at radius 1 is 1.32 bits per heavy atom. The van der Waals surface area contributed by atoms with Crippen LogP contribution in [0.2, 0.25) is 0 Å². The fraction of sp³-hybridized carbons (Fsp3) is 0.588. The molecule has 1 aromatic rings. The van der Waals surface area contributed by atoms with Crippen molar-refractivity contribution in [2.45, 2.75) is 31.0 Å². The number of carbonyl (C=O) groups is 1. The number of anilines is 1. The maximum absolute atomic E-state index is 11.2. The van der Waals surface area contributed by atoms with Gasteiger partial charge in [-0.1, -0.05) is 36.7 Å². The third-order valence-corrected chi connectivity index (χ3v) is 4.64. The maximum Gasteiger partial charge on any atom is 0.145 e. The highest BCUT2D eigenvalue weighted by Gasteiger charge is 2.26. The lowest BCUT2D eigenvalue weighted by molar-refractivity contribution is -0.107. The molecule has 0 saturated carbocycles. The molecule has 1 atom stereocenters. The van der Waals surface area contributed by atoms with Crippen molar-refractivity contribution < 1.29 is 14.3 Å². The van der Waals surface area contributed by atoms with Crippen molar-refractivity contribution in [1.29, 1.82) is 0 Å². The normalized spacial score (nSPS) is 17.2. The van der Waals surface area contributed by atoms with Gasteiger partial charge in [-0.2, -0.15) is 0 Å². The van der Waals surface area contributed by atoms with Gasteiger partial charge >= 0.3 is 0 Å². The van der Waals surface area contributed by atoms with Crippen LogP contribution in [0, 0.1) is 0 Å². The van der Waals surface area contributed by atoms with Crippen LogP contribution in [-0.4, -0.2) is 39.7 Å². The lowest BCUT2D eigenvalue weighted by atomic mass is 9.84. The first kappa shape index (κ1) is 17.3. The van der Waals surface area contributed by atoms with Gasteiger partial charge in [-0.05, 0) is 23.1 Å². The first-order chi connectivity index (χ1) is 10.4. The molecule has 0 amide bonds. The number of morpholine rings is 1. The Kier molecular flexibility index (Phi) is 5.50. The molecule has 0 aromatic heterocycles. The Bertz CT molecular complexity index is 533. The SMILES string of the molecule is COc1c(N2CCOCC2)cc(C(Br)C=O)cc1C(C)(C)C. The van der Waals surface area contributed by atoms with Crippen LogP contribution in [0.15, 0.2) is 12.1 Å². The molecular weight excluding hydrogens is 346 g/mol. The van der Waals surface area contributed by atoms with Crippen LogP contribution < -0.4 is 9.64 Å². The van der Waals surface area contributed by atoms with Crippen molar-refractivity contribution in [3.8, 4) is 5.75 Å². The smallest absolute Gasteiger partial charge is 0.145 e. The van der Waals surface area contributed by atoms with E-state index in [0.717, 1.165) is 41.9 Å². The number of ether oxygens (including phenoxy) is 2. The largest absolute Gasteiger partial charge is 0.494 e. The third kappa shape index (κ3) is 3.63. The van der Waals surface area contributed by atoms with E-state index in [1.165, 1.54) is 0 Å². The van der Waals surface area contributed by atoms with Gasteiger partial charge in [-0.25, -0.2) is 0 Å². The molecule has 1 heterocycles. The summed E-state index contributed by atoms with van der Waals surface area (Å²) >= 11 is 3.44. The standard InChI is InChI=1S/C17H24BrNO3/c1-17(2,3)13-9-12(14(18)11-20)10-15(16(13)21-4)19-5-7-22-8-6-19/h9-11,14H,5-8H2,1-4H3. The van der Waals surface area contributed by atoms with Crippen molar-refractivity contribution >= 4 is 27.9 Å². The molecule has 2 rings (SSSR count). The van der Waals surface area contributed by atoms with Gasteiger partial charge in [-0.3, -0.25) is 0 Å². The lowest BCUT2D eigenvalue weighted by Crippen LogP contribution is -2.36. The molecule has 22 heavy (non-hydrogen) atoms. The summed E-state index contributed by atoms with van der Waals surface area (Å²) < 4.78 is 11.2. The molecule has 0 spiro atoms. The molecular formula is C17H24BrNO3. The van der Waals surface area contributed by atoms with Crippen molar-refractivity contribution in [2.75, 3.05) is 38.3 Å². The van der Waals surface area contributed by atoms with Crippen LogP contribution in [0.5, 0.6) is 5.75 Å². The summed E-state index contributed by atoms with van der Waals surface area (Å²) in [6.07, 6.45) is 0.914. The van der Waals surface area contributed by atoms with Crippen LogP contribution in [0.3, 0.4) is 0 Å². The first-order valence-electron chi connectivity index (χ1n) is 7.53. The van der Waals surface area contributed by atoms with Gasteiger partial charge in [0.25, 0.3) is 0 Å². The zero-order valence-corrected chi connectivity index (χ0v) is 15.3. The molecule has 1 fully saturated rings. The Morgan fingerprint density at radius 3 is 2.45 bits per heavy atom. The number of benzene rings is 1. The molecule has 0 bridgehead atoms. The van der Waals surface area contributed by atoms with E-state index in [4.69, 9.17) is 9.47 Å². The fourth-order valence-electron chi connectivity index (χ4n) is 2.68. The Balaban J connectivity index is 2.59. The van der Waals surface area contributed by atoms with Crippen molar-refractivity contribution in [3.05, 3.63) is 23.3 Å². The summed E-state index contributed by atoms with van der Waals surface area (Å²) in [4.78, 5) is 13.2. The predicted octanol–water partition coefficient (Wildman–Crippen LogP) is 3.46. The number of alkyl halides is 1. The number of rotatable bonds is 4. The van der Waals surface area contributed by atoms with E-state index >= 15 is 0 Å². The highest BCUT2D eigenvalue weighted by molar-refractivity contribution is 9.09. The molecule has 5 heteroatoms. The highest BCUT2D eigenvalue weighted by Crippen LogP contribution is 2.42. The molecule has 4 nitrogen and oxygen atoms in total. The monoisotopic (exact) mass is 369 g/mol. The molecule has 1 unspecified atom stereocenters. The summed E-state index contributed by atoms with van der Waals surface area (Å²) in [5.41, 5.74) is 3.04. The molecule has 1 aromatic carbocycles. The van der Waals surface area contributed by atoms with Gasteiger partial charge in [0.1, 0.15) is 12.0 Å². The number of aldehydes is 1. The quantitative estimate of drug-likeness (QED) is 0.601. The Morgan fingerprint density at radius 2 is 1.95 bits per heavy atom. The minimum Gasteiger partial charge on any atom is -0.494 e. The molecule has 0 aliphatic carbocycles. The zero-order chi connectivity index (χ0) is 16.3. The minimum atomic E-state index is -0.306. The van der Waals surface area contributed by atoms with Crippen molar-refractivity contribution in [3.63, 3.8) is 0 Å². The van der Waals surface area contributed by atoms with Gasteiger partial charge in [0, 0.05) is 18.7 Å². The van der Waals surface area contributed by atoms with E-state index in [1.807, 2.05) is 6.07 Å². The van der Waals surface area contributed by atoms with E-state index in [0.29, 0.717) is 13.2 Å². The number of hydrogen-bond donors (Lipinski definition) is 0. The lowest BCUT2D eigenvalue weighted by Gasteiger charge is -2.33. The number of carbonyl (C=O) groups excluding carboxylic acids is 1. The van der Waals surface area contributed by atoms with Gasteiger partial charge in [0.2, 0.25) is 0 Å². The number of methoxy groups -OCH3 is 1. The average molecular weight is 370 g/mol. The Hall–Kier alpha value is -1.07. The second-order valence-electron chi connectivity index (χ2n) is 6.51. The molecule has 1 saturated heterocycles. The van der Waals surface area contributed by atoms with Crippen molar-refractivity contribution in [1.82, 2.24) is 0 Å². The number of nitrogens with zero attached hydrogens (tertiary/aromatic N) is 1. The van der Waals surface area contributed by atoms with E-state index < -0.39 is 0 Å². The molecule has 1 aliphatic rings. The Labute approximate surface area is 140 Å². The second-order valence-corrected chi connectivity index (χ2v) is 7.49. The van der Waals surface area contributed by atoms with Gasteiger partial charge in [0.05, 0.1) is 30.8 Å². The summed E-state index contributed by atoms with van der Waals surface area (Å²) in [7, 11) is 1.71. The average Bonchev–Trinajstić information content (AvgIpc) is 2.52. The van der Waals surface area contributed by atoms with E-state index in [9.17, 15) is 4.79 Å². The number of halogens is 1. The molecule has 1 aliphatic heterocycles. The fourth-order valence-corrected chi connectivity index (χ4v) is 2.95. The summed E-state index contributed by atoms with van der Waals surface area (Å²) in [6.45, 7) is 9.55. The van der Waals surface area contributed by atoms with Gasteiger partial charge in [0.15, 0.2) is 0 Å². The predicted molar refractivity (Wildman–Crippen MR) is 92.5 cm³/mol. The minimum absolute atomic E-state index is 0.0714. The summed E-state index contributed by atoms with van der Waals surface area (Å²) in [5, 5.41) is 0. The van der Waals surface area contributed by atoms with E-state index in [-0.39, 0.29) is 10.2 Å². The van der Waals surface area contributed by atoms with Crippen LogP contribution in [-0.2, 0) is 14.9 Å². The summed E-state index contributed by atoms with van der Waals surface area (Å²) in [5.74, 6) is 0.892. The topological polar surface area (TPSA) is 38.8 Å². The third-order valence-electron chi connectivity index (χ3n) is 3.89. The van der Waals surface area contributed by atoms with Crippen molar-refractivity contribution in [2.24, 2.45) is 0 Å². The highest BCUT2D eigenvalue weighted by atomic mass is 79.9. The molecule has 0 N–H and O–H groups in total. The maximum atomic E-state index is 11.2. The molecule has 0 radical (unpaired) electrons. The number of hydrogen-bond acceptors (Lipinski definition) is 4. The second kappa shape index (κ2) is 7.01. The van der Waals surface area contributed by atoms with Crippen LogP contribution in [0.4, 0.5) is 5.69 Å². The summed E-state index contributed by atoms with van der Waals surface area (Å²) in [6, 6.07) is 4.11. The first-order valence-corrected chi connectivity index (χ1v) is 8.44. The van der Waals surface area contributed by atoms with E-state index in [2.05, 4.69) is 47.7 Å². The van der Waals surface area contributed by atoms with Gasteiger partial charge in [-0.15, -0.1) is 0 Å². The van der Waals surface area contributed by atoms with Gasteiger partial charge < -0.3 is 19.2 Å². The molecule has 122 valence electrons. The van der Waals surface area contributed by atoms with Crippen LogP contribution in [0.25, 0.3) is 0 Å². The van der Waals surface area contributed by atoms with E-state index in [1.54, 1.807) is 7.11 Å².